The zero-order chi connectivity index (χ0) is 26.8. The first-order valence-electron chi connectivity index (χ1n) is 13.3. The standard InChI is InChI=1S/C29H29Cl2N7O/c30-22-4-6-25(26(31)13-22)27-19-38-28(14-24(35-38)18-36-8-10-39-11-9-36)29(34-27)37-7-1-2-20(17-37)12-23-5-3-21(15-32)16-33-23/h3-6,13-14,16,19-20H,1-2,7-12,17-18H2. The lowest BCUT2D eigenvalue weighted by atomic mass is 9.93. The van der Waals surface area contributed by atoms with Gasteiger partial charge in [-0.15, -0.1) is 0 Å². The predicted molar refractivity (Wildman–Crippen MR) is 152 cm³/mol. The summed E-state index contributed by atoms with van der Waals surface area (Å²) in [4.78, 5) is 14.4. The third-order valence-electron chi connectivity index (χ3n) is 7.45. The fourth-order valence-corrected chi connectivity index (χ4v) is 5.99. The van der Waals surface area contributed by atoms with Gasteiger partial charge in [0, 0.05) is 55.2 Å². The second-order valence-electron chi connectivity index (χ2n) is 10.2. The highest BCUT2D eigenvalue weighted by Crippen LogP contribution is 2.34. The van der Waals surface area contributed by atoms with Gasteiger partial charge < -0.3 is 9.64 Å². The Morgan fingerprint density at radius 3 is 2.69 bits per heavy atom. The number of halogens is 2. The summed E-state index contributed by atoms with van der Waals surface area (Å²) in [6.45, 7) is 5.87. The van der Waals surface area contributed by atoms with Crippen LogP contribution in [0.1, 0.15) is 29.8 Å². The molecule has 0 radical (unpaired) electrons. The Morgan fingerprint density at radius 1 is 1.05 bits per heavy atom. The molecule has 39 heavy (non-hydrogen) atoms. The van der Waals surface area contributed by atoms with Gasteiger partial charge in [-0.1, -0.05) is 23.2 Å². The van der Waals surface area contributed by atoms with E-state index in [2.05, 4.69) is 26.9 Å². The van der Waals surface area contributed by atoms with Crippen molar-refractivity contribution < 1.29 is 4.74 Å². The van der Waals surface area contributed by atoms with E-state index in [0.29, 0.717) is 21.5 Å². The van der Waals surface area contributed by atoms with Gasteiger partial charge in [0.25, 0.3) is 0 Å². The third kappa shape index (κ3) is 5.87. The predicted octanol–water partition coefficient (Wildman–Crippen LogP) is 5.26. The number of aromatic nitrogens is 4. The molecule has 0 aliphatic carbocycles. The number of fused-ring (bicyclic) bond motifs is 1. The number of rotatable bonds is 6. The van der Waals surface area contributed by atoms with E-state index in [4.69, 9.17) is 43.3 Å². The van der Waals surface area contributed by atoms with Gasteiger partial charge in [0.2, 0.25) is 0 Å². The molecule has 8 nitrogen and oxygen atoms in total. The van der Waals surface area contributed by atoms with Crippen molar-refractivity contribution in [1.29, 1.82) is 5.26 Å². The fourth-order valence-electron chi connectivity index (χ4n) is 5.48. The average Bonchev–Trinajstić information content (AvgIpc) is 3.36. The van der Waals surface area contributed by atoms with Crippen molar-refractivity contribution in [3.63, 3.8) is 0 Å². The number of morpholine rings is 1. The van der Waals surface area contributed by atoms with E-state index in [-0.39, 0.29) is 0 Å². The van der Waals surface area contributed by atoms with Crippen LogP contribution < -0.4 is 4.90 Å². The van der Waals surface area contributed by atoms with Crippen LogP contribution in [0.3, 0.4) is 0 Å². The van der Waals surface area contributed by atoms with E-state index in [9.17, 15) is 0 Å². The lowest BCUT2D eigenvalue weighted by Crippen LogP contribution is -2.37. The monoisotopic (exact) mass is 561 g/mol. The summed E-state index contributed by atoms with van der Waals surface area (Å²) in [6.07, 6.45) is 6.67. The molecule has 0 amide bonds. The number of nitriles is 1. The van der Waals surface area contributed by atoms with Gasteiger partial charge in [0.05, 0.1) is 41.4 Å². The van der Waals surface area contributed by atoms with E-state index in [1.165, 1.54) is 0 Å². The number of benzene rings is 1. The van der Waals surface area contributed by atoms with Crippen molar-refractivity contribution in [3.05, 3.63) is 75.8 Å². The molecule has 2 fully saturated rings. The van der Waals surface area contributed by atoms with Crippen LogP contribution in [0.2, 0.25) is 10.0 Å². The minimum Gasteiger partial charge on any atom is -0.379 e. The summed E-state index contributed by atoms with van der Waals surface area (Å²) >= 11 is 12.8. The summed E-state index contributed by atoms with van der Waals surface area (Å²) in [5.74, 6) is 1.34. The van der Waals surface area contributed by atoms with Crippen molar-refractivity contribution in [3.8, 4) is 17.3 Å². The number of hydrogen-bond donors (Lipinski definition) is 0. The van der Waals surface area contributed by atoms with Gasteiger partial charge in [-0.3, -0.25) is 9.88 Å². The average molecular weight is 563 g/mol. The van der Waals surface area contributed by atoms with Crippen LogP contribution in [0.15, 0.2) is 48.8 Å². The van der Waals surface area contributed by atoms with Crippen LogP contribution in [-0.2, 0) is 17.7 Å². The number of pyridine rings is 1. The van der Waals surface area contributed by atoms with Crippen LogP contribution in [0.5, 0.6) is 0 Å². The zero-order valence-electron chi connectivity index (χ0n) is 21.6. The van der Waals surface area contributed by atoms with Crippen LogP contribution in [0.4, 0.5) is 5.82 Å². The summed E-state index contributed by atoms with van der Waals surface area (Å²) in [5, 5.41) is 15.2. The summed E-state index contributed by atoms with van der Waals surface area (Å²) in [5.41, 5.74) is 5.18. The van der Waals surface area contributed by atoms with Gasteiger partial charge >= 0.3 is 0 Å². The topological polar surface area (TPSA) is 82.6 Å². The first-order chi connectivity index (χ1) is 19.1. The van der Waals surface area contributed by atoms with Crippen molar-refractivity contribution in [2.24, 2.45) is 5.92 Å². The molecule has 2 aliphatic heterocycles. The fraction of sp³-hybridized carbons (Fsp3) is 0.379. The molecule has 6 rings (SSSR count). The molecular formula is C29H29Cl2N7O. The molecule has 200 valence electrons. The van der Waals surface area contributed by atoms with Crippen LogP contribution in [-0.4, -0.2) is 63.9 Å². The number of ether oxygens (including phenoxy) is 1. The number of hydrogen-bond acceptors (Lipinski definition) is 7. The highest BCUT2D eigenvalue weighted by molar-refractivity contribution is 6.36. The first kappa shape index (κ1) is 26.0. The Balaban J connectivity index is 1.33. The lowest BCUT2D eigenvalue weighted by molar-refractivity contribution is 0.0336. The molecule has 0 bridgehead atoms. The maximum Gasteiger partial charge on any atom is 0.155 e. The van der Waals surface area contributed by atoms with Crippen molar-refractivity contribution in [1.82, 2.24) is 24.5 Å². The van der Waals surface area contributed by atoms with Crippen molar-refractivity contribution in [2.45, 2.75) is 25.8 Å². The molecule has 4 aromatic rings. The minimum absolute atomic E-state index is 0.430. The largest absolute Gasteiger partial charge is 0.379 e. The minimum atomic E-state index is 0.430. The molecule has 2 aliphatic rings. The molecule has 0 N–H and O–H groups in total. The third-order valence-corrected chi connectivity index (χ3v) is 8.00. The molecule has 1 unspecified atom stereocenters. The quantitative estimate of drug-likeness (QED) is 0.317. The van der Waals surface area contributed by atoms with Gasteiger partial charge in [-0.2, -0.15) is 10.4 Å². The molecule has 1 aromatic carbocycles. The van der Waals surface area contributed by atoms with E-state index in [0.717, 1.165) is 99.2 Å². The second kappa shape index (κ2) is 11.5. The Hall–Kier alpha value is -3.22. The highest BCUT2D eigenvalue weighted by Gasteiger charge is 2.25. The highest BCUT2D eigenvalue weighted by atomic mass is 35.5. The van der Waals surface area contributed by atoms with Crippen LogP contribution in [0.25, 0.3) is 16.8 Å². The van der Waals surface area contributed by atoms with E-state index in [1.54, 1.807) is 12.3 Å². The van der Waals surface area contributed by atoms with Gasteiger partial charge in [0.1, 0.15) is 11.6 Å². The molecule has 5 heterocycles. The second-order valence-corrected chi connectivity index (χ2v) is 11.1. The Morgan fingerprint density at radius 2 is 1.92 bits per heavy atom. The SMILES string of the molecule is N#Cc1ccc(CC2CCCN(c3nc(-c4ccc(Cl)cc4Cl)cn4nc(CN5CCOCC5)cc34)C2)nc1. The Kier molecular flexibility index (Phi) is 7.67. The molecule has 2 saturated heterocycles. The summed E-state index contributed by atoms with van der Waals surface area (Å²) < 4.78 is 7.47. The van der Waals surface area contributed by atoms with E-state index >= 15 is 0 Å². The Bertz CT molecular complexity index is 1510. The van der Waals surface area contributed by atoms with Crippen LogP contribution >= 0.6 is 23.2 Å². The summed E-state index contributed by atoms with van der Waals surface area (Å²) in [7, 11) is 0. The normalized spacial score (nSPS) is 18.4. The zero-order valence-corrected chi connectivity index (χ0v) is 23.1. The summed E-state index contributed by atoms with van der Waals surface area (Å²) in [6, 6.07) is 13.6. The molecule has 0 spiro atoms. The maximum atomic E-state index is 9.09. The number of nitrogens with zero attached hydrogens (tertiary/aromatic N) is 7. The van der Waals surface area contributed by atoms with E-state index in [1.807, 2.05) is 35.0 Å². The van der Waals surface area contributed by atoms with Crippen molar-refractivity contribution in [2.75, 3.05) is 44.3 Å². The Labute approximate surface area is 237 Å². The molecule has 1 atom stereocenters. The number of piperidine rings is 1. The first-order valence-corrected chi connectivity index (χ1v) is 14.1. The smallest absolute Gasteiger partial charge is 0.155 e. The van der Waals surface area contributed by atoms with Gasteiger partial charge in [-0.25, -0.2) is 9.50 Å². The molecule has 10 heteroatoms. The molecule has 3 aromatic heterocycles. The van der Waals surface area contributed by atoms with E-state index < -0.39 is 0 Å². The molecular weight excluding hydrogens is 533 g/mol. The maximum absolute atomic E-state index is 9.09. The molecule has 0 saturated carbocycles. The van der Waals surface area contributed by atoms with Gasteiger partial charge in [-0.05, 0) is 61.6 Å². The van der Waals surface area contributed by atoms with Crippen molar-refractivity contribution >= 4 is 34.5 Å². The number of anilines is 1. The van der Waals surface area contributed by atoms with Crippen LogP contribution in [0, 0.1) is 17.2 Å². The lowest BCUT2D eigenvalue weighted by Gasteiger charge is -2.34. The van der Waals surface area contributed by atoms with Gasteiger partial charge in [0.15, 0.2) is 5.82 Å².